The molecule has 3 fully saturated rings. The van der Waals surface area contributed by atoms with Crippen molar-refractivity contribution in [1.29, 1.82) is 0 Å². The standard InChI is InChI=1S/C15H24N2O5/c1-16-5-7-17(8-6-16)14(18)12-10-3-4-11(22-10)13(12)15(19)21-9-20-2/h10-13H,3-9H2,1-2H3/t10-,11-,12?,13?/m1/s1. The molecule has 124 valence electrons. The zero-order valence-electron chi connectivity index (χ0n) is 13.2. The first-order valence-corrected chi connectivity index (χ1v) is 7.90. The maximum Gasteiger partial charge on any atom is 0.314 e. The number of carbonyl (C=O) groups excluding carboxylic acids is 2. The number of ether oxygens (including phenoxy) is 3. The van der Waals surface area contributed by atoms with Gasteiger partial charge in [-0.2, -0.15) is 0 Å². The summed E-state index contributed by atoms with van der Waals surface area (Å²) < 4.78 is 15.7. The van der Waals surface area contributed by atoms with Crippen molar-refractivity contribution >= 4 is 11.9 Å². The molecule has 0 aromatic heterocycles. The van der Waals surface area contributed by atoms with E-state index in [-0.39, 0.29) is 30.9 Å². The zero-order valence-corrected chi connectivity index (χ0v) is 13.2. The quantitative estimate of drug-likeness (QED) is 0.524. The van der Waals surface area contributed by atoms with E-state index < -0.39 is 11.8 Å². The van der Waals surface area contributed by atoms with Gasteiger partial charge in [-0.15, -0.1) is 0 Å². The van der Waals surface area contributed by atoms with Crippen LogP contribution in [0.5, 0.6) is 0 Å². The Morgan fingerprint density at radius 1 is 1.09 bits per heavy atom. The van der Waals surface area contributed by atoms with Gasteiger partial charge in [0.05, 0.1) is 24.0 Å². The van der Waals surface area contributed by atoms with E-state index in [1.54, 1.807) is 0 Å². The van der Waals surface area contributed by atoms with Gasteiger partial charge >= 0.3 is 5.97 Å². The molecule has 1 amide bonds. The largest absolute Gasteiger partial charge is 0.438 e. The van der Waals surface area contributed by atoms with E-state index >= 15 is 0 Å². The lowest BCUT2D eigenvalue weighted by Gasteiger charge is -2.36. The van der Waals surface area contributed by atoms with Gasteiger partial charge in [0.2, 0.25) is 5.91 Å². The Labute approximate surface area is 130 Å². The molecule has 3 aliphatic heterocycles. The molecule has 0 aliphatic carbocycles. The van der Waals surface area contributed by atoms with Gasteiger partial charge in [0.1, 0.15) is 0 Å². The molecule has 0 N–H and O–H groups in total. The Balaban J connectivity index is 1.69. The van der Waals surface area contributed by atoms with E-state index in [2.05, 4.69) is 4.90 Å². The van der Waals surface area contributed by atoms with Crippen molar-refractivity contribution < 1.29 is 23.8 Å². The monoisotopic (exact) mass is 312 g/mol. The van der Waals surface area contributed by atoms with Crippen LogP contribution in [-0.4, -0.2) is 81.0 Å². The first-order chi connectivity index (χ1) is 10.6. The molecule has 7 nitrogen and oxygen atoms in total. The minimum absolute atomic E-state index is 0.0414. The molecule has 3 heterocycles. The Kier molecular flexibility index (Phi) is 4.65. The van der Waals surface area contributed by atoms with E-state index in [0.29, 0.717) is 13.1 Å². The van der Waals surface area contributed by atoms with Crippen molar-refractivity contribution in [3.05, 3.63) is 0 Å². The Morgan fingerprint density at radius 3 is 2.36 bits per heavy atom. The number of hydrogen-bond acceptors (Lipinski definition) is 6. The number of piperazine rings is 1. The number of esters is 1. The van der Waals surface area contributed by atoms with Crippen LogP contribution in [0, 0.1) is 11.8 Å². The molecule has 3 saturated heterocycles. The highest BCUT2D eigenvalue weighted by atomic mass is 16.7. The summed E-state index contributed by atoms with van der Waals surface area (Å²) in [6.07, 6.45) is 1.35. The summed E-state index contributed by atoms with van der Waals surface area (Å²) in [7, 11) is 3.52. The maximum atomic E-state index is 12.9. The van der Waals surface area contributed by atoms with E-state index in [0.717, 1.165) is 25.9 Å². The van der Waals surface area contributed by atoms with E-state index in [9.17, 15) is 9.59 Å². The van der Waals surface area contributed by atoms with Crippen molar-refractivity contribution in [2.45, 2.75) is 25.0 Å². The molecule has 3 aliphatic rings. The molecule has 3 rings (SSSR count). The van der Waals surface area contributed by atoms with Gasteiger partial charge in [-0.3, -0.25) is 9.59 Å². The fraction of sp³-hybridized carbons (Fsp3) is 0.867. The van der Waals surface area contributed by atoms with Crippen LogP contribution in [0.2, 0.25) is 0 Å². The Hall–Kier alpha value is -1.18. The average molecular weight is 312 g/mol. The lowest BCUT2D eigenvalue weighted by molar-refractivity contribution is -0.165. The van der Waals surface area contributed by atoms with Crippen LogP contribution in [-0.2, 0) is 23.8 Å². The van der Waals surface area contributed by atoms with Crippen molar-refractivity contribution in [2.75, 3.05) is 47.1 Å². The highest BCUT2D eigenvalue weighted by Gasteiger charge is 2.56. The molecule has 2 unspecified atom stereocenters. The van der Waals surface area contributed by atoms with Crippen LogP contribution >= 0.6 is 0 Å². The fourth-order valence-corrected chi connectivity index (χ4v) is 3.74. The number of amides is 1. The smallest absolute Gasteiger partial charge is 0.314 e. The Bertz CT molecular complexity index is 436. The number of hydrogen-bond donors (Lipinski definition) is 0. The molecule has 22 heavy (non-hydrogen) atoms. The van der Waals surface area contributed by atoms with Crippen molar-refractivity contribution in [1.82, 2.24) is 9.80 Å². The minimum Gasteiger partial charge on any atom is -0.438 e. The van der Waals surface area contributed by atoms with Crippen LogP contribution in [0.4, 0.5) is 0 Å². The second kappa shape index (κ2) is 6.52. The molecular weight excluding hydrogens is 288 g/mol. The van der Waals surface area contributed by atoms with Gasteiger partial charge in [0, 0.05) is 33.3 Å². The summed E-state index contributed by atoms with van der Waals surface area (Å²) in [6, 6.07) is 0. The van der Waals surface area contributed by atoms with E-state index in [1.807, 2.05) is 11.9 Å². The first kappa shape index (κ1) is 15.7. The molecule has 7 heteroatoms. The maximum absolute atomic E-state index is 12.9. The van der Waals surface area contributed by atoms with Crippen LogP contribution in [0.15, 0.2) is 0 Å². The van der Waals surface area contributed by atoms with Crippen LogP contribution < -0.4 is 0 Å². The third-order valence-electron chi connectivity index (χ3n) is 4.96. The molecule has 0 saturated carbocycles. The topological polar surface area (TPSA) is 68.3 Å². The third-order valence-corrected chi connectivity index (χ3v) is 4.96. The fourth-order valence-electron chi connectivity index (χ4n) is 3.74. The van der Waals surface area contributed by atoms with Gasteiger partial charge in [-0.25, -0.2) is 0 Å². The highest BCUT2D eigenvalue weighted by molar-refractivity contribution is 5.87. The minimum atomic E-state index is -0.485. The summed E-state index contributed by atoms with van der Waals surface area (Å²) >= 11 is 0. The molecule has 0 radical (unpaired) electrons. The van der Waals surface area contributed by atoms with Crippen molar-refractivity contribution in [2.24, 2.45) is 11.8 Å². The Morgan fingerprint density at radius 2 is 1.73 bits per heavy atom. The van der Waals surface area contributed by atoms with Gasteiger partial charge in [-0.1, -0.05) is 0 Å². The van der Waals surface area contributed by atoms with E-state index in [4.69, 9.17) is 14.2 Å². The molecule has 0 aromatic rings. The first-order valence-electron chi connectivity index (χ1n) is 7.90. The number of rotatable bonds is 4. The summed E-state index contributed by atoms with van der Waals surface area (Å²) in [6.45, 7) is 3.08. The van der Waals surface area contributed by atoms with Crippen molar-refractivity contribution in [3.63, 3.8) is 0 Å². The average Bonchev–Trinajstić information content (AvgIpc) is 3.13. The van der Waals surface area contributed by atoms with Gasteiger partial charge in [0.25, 0.3) is 0 Å². The molecule has 4 atom stereocenters. The summed E-state index contributed by atoms with van der Waals surface area (Å²) in [5.41, 5.74) is 0. The summed E-state index contributed by atoms with van der Waals surface area (Å²) in [5, 5.41) is 0. The molecule has 0 aromatic carbocycles. The third kappa shape index (κ3) is 2.85. The number of likely N-dealkylation sites (N-methyl/N-ethyl adjacent to an activating group) is 1. The molecular formula is C15H24N2O5. The predicted octanol–water partition coefficient (Wildman–Crippen LogP) is -0.299. The second-order valence-electron chi connectivity index (χ2n) is 6.34. The summed E-state index contributed by atoms with van der Waals surface area (Å²) in [5.74, 6) is -1.21. The number of carbonyl (C=O) groups is 2. The molecule has 2 bridgehead atoms. The van der Waals surface area contributed by atoms with Gasteiger partial charge < -0.3 is 24.0 Å². The van der Waals surface area contributed by atoms with E-state index in [1.165, 1.54) is 7.11 Å². The lowest BCUT2D eigenvalue weighted by atomic mass is 9.78. The zero-order chi connectivity index (χ0) is 15.7. The number of nitrogens with zero attached hydrogens (tertiary/aromatic N) is 2. The summed E-state index contributed by atoms with van der Waals surface area (Å²) in [4.78, 5) is 29.2. The predicted molar refractivity (Wildman–Crippen MR) is 76.9 cm³/mol. The lowest BCUT2D eigenvalue weighted by Crippen LogP contribution is -2.52. The normalized spacial score (nSPS) is 34.9. The number of fused-ring (bicyclic) bond motifs is 2. The number of methoxy groups -OCH3 is 1. The second-order valence-corrected chi connectivity index (χ2v) is 6.34. The highest BCUT2D eigenvalue weighted by Crippen LogP contribution is 2.44. The van der Waals surface area contributed by atoms with Gasteiger partial charge in [-0.05, 0) is 19.9 Å². The van der Waals surface area contributed by atoms with Crippen molar-refractivity contribution in [3.8, 4) is 0 Å². The van der Waals surface area contributed by atoms with Crippen LogP contribution in [0.3, 0.4) is 0 Å². The van der Waals surface area contributed by atoms with Crippen LogP contribution in [0.1, 0.15) is 12.8 Å². The molecule has 0 spiro atoms. The SMILES string of the molecule is COCOC(=O)C1C(C(=O)N2CCN(C)CC2)[C@H]2CC[C@H]1O2. The van der Waals surface area contributed by atoms with Crippen LogP contribution in [0.25, 0.3) is 0 Å². The van der Waals surface area contributed by atoms with Gasteiger partial charge in [0.15, 0.2) is 6.79 Å².